The molecule has 10 heavy (non-hydrogen) atoms. The van der Waals surface area contributed by atoms with E-state index in [4.69, 9.17) is 11.0 Å². The predicted octanol–water partition coefficient (Wildman–Crippen LogP) is -0.866. The Labute approximate surface area is 57.1 Å². The van der Waals surface area contributed by atoms with Crippen molar-refractivity contribution in [3.05, 3.63) is 21.6 Å². The van der Waals surface area contributed by atoms with Crippen molar-refractivity contribution in [3.8, 4) is 6.07 Å². The molecule has 6 nitrogen and oxygen atoms in total. The van der Waals surface area contributed by atoms with Gasteiger partial charge < -0.3 is 11.1 Å². The van der Waals surface area contributed by atoms with Gasteiger partial charge in [0, 0.05) is 7.05 Å². The molecule has 0 saturated heterocycles. The SMILES string of the molecule is CNC(N)=C(C#N)[N+](=O)[O-]. The first kappa shape index (κ1) is 8.23. The Kier molecular flexibility index (Phi) is 2.71. The lowest BCUT2D eigenvalue weighted by atomic mass is 10.5. The number of nitro groups is 1. The second-order valence-corrected chi connectivity index (χ2v) is 1.38. The van der Waals surface area contributed by atoms with E-state index >= 15 is 0 Å². The highest BCUT2D eigenvalue weighted by Crippen LogP contribution is 1.93. The van der Waals surface area contributed by atoms with Crippen molar-refractivity contribution in [1.82, 2.24) is 5.32 Å². The minimum absolute atomic E-state index is 0.229. The molecule has 0 aromatic carbocycles. The third-order valence-corrected chi connectivity index (χ3v) is 0.813. The third-order valence-electron chi connectivity index (χ3n) is 0.813. The molecule has 0 unspecified atom stereocenters. The number of allylic oxidation sites excluding steroid dienone is 1. The highest BCUT2D eigenvalue weighted by atomic mass is 16.6. The van der Waals surface area contributed by atoms with Crippen molar-refractivity contribution < 1.29 is 4.92 Å². The van der Waals surface area contributed by atoms with E-state index in [2.05, 4.69) is 5.32 Å². The lowest BCUT2D eigenvalue weighted by Crippen LogP contribution is -2.20. The predicted molar refractivity (Wildman–Crippen MR) is 32.9 cm³/mol. The number of hydrogen-bond acceptors (Lipinski definition) is 5. The van der Waals surface area contributed by atoms with Crippen LogP contribution in [0.2, 0.25) is 0 Å². The first-order valence-electron chi connectivity index (χ1n) is 2.35. The Morgan fingerprint density at radius 3 is 2.50 bits per heavy atom. The standard InChI is InChI=1S/C4H6N4O2/c1-7-4(6)3(2-5)8(9)10/h7H,6H2,1H3. The summed E-state index contributed by atoms with van der Waals surface area (Å²) in [5, 5.41) is 20.4. The van der Waals surface area contributed by atoms with Crippen molar-refractivity contribution in [2.24, 2.45) is 5.73 Å². The lowest BCUT2D eigenvalue weighted by Gasteiger charge is -1.94. The number of nitrogens with two attached hydrogens (primary N) is 1. The molecule has 0 radical (unpaired) electrons. The van der Waals surface area contributed by atoms with Crippen LogP contribution in [-0.2, 0) is 0 Å². The number of nitriles is 1. The maximum absolute atomic E-state index is 9.94. The second-order valence-electron chi connectivity index (χ2n) is 1.38. The van der Waals surface area contributed by atoms with E-state index in [-0.39, 0.29) is 5.82 Å². The van der Waals surface area contributed by atoms with E-state index < -0.39 is 10.6 Å². The van der Waals surface area contributed by atoms with Crippen molar-refractivity contribution in [1.29, 1.82) is 5.26 Å². The molecule has 6 heteroatoms. The Bertz CT molecular complexity index is 214. The molecule has 0 saturated carbocycles. The Hall–Kier alpha value is -1.77. The molecular weight excluding hydrogens is 136 g/mol. The van der Waals surface area contributed by atoms with Crippen LogP contribution in [0.5, 0.6) is 0 Å². The zero-order chi connectivity index (χ0) is 8.15. The zero-order valence-corrected chi connectivity index (χ0v) is 5.29. The number of nitrogens with one attached hydrogen (secondary N) is 1. The molecule has 0 aliphatic carbocycles. The van der Waals surface area contributed by atoms with E-state index in [1.807, 2.05) is 0 Å². The largest absolute Gasteiger partial charge is 0.384 e. The van der Waals surface area contributed by atoms with E-state index in [1.54, 1.807) is 0 Å². The van der Waals surface area contributed by atoms with Gasteiger partial charge in [-0.25, -0.2) is 0 Å². The van der Waals surface area contributed by atoms with Gasteiger partial charge >= 0.3 is 5.70 Å². The first-order valence-corrected chi connectivity index (χ1v) is 2.35. The number of hydrogen-bond donors (Lipinski definition) is 2. The molecule has 0 rings (SSSR count). The average molecular weight is 142 g/mol. The Morgan fingerprint density at radius 1 is 1.90 bits per heavy atom. The summed E-state index contributed by atoms with van der Waals surface area (Å²) < 4.78 is 0. The summed E-state index contributed by atoms with van der Waals surface area (Å²) in [5.41, 5.74) is 4.37. The monoisotopic (exact) mass is 142 g/mol. The van der Waals surface area contributed by atoms with Crippen molar-refractivity contribution in [2.45, 2.75) is 0 Å². The molecule has 0 heterocycles. The van der Waals surface area contributed by atoms with E-state index in [9.17, 15) is 10.1 Å². The van der Waals surface area contributed by atoms with Gasteiger partial charge in [0.1, 0.15) is 0 Å². The summed E-state index contributed by atoms with van der Waals surface area (Å²) in [4.78, 5) is 9.09. The van der Waals surface area contributed by atoms with Gasteiger partial charge in [-0.1, -0.05) is 0 Å². The van der Waals surface area contributed by atoms with Crippen LogP contribution in [0.1, 0.15) is 0 Å². The molecule has 0 aromatic rings. The van der Waals surface area contributed by atoms with Gasteiger partial charge in [0.05, 0.1) is 4.92 Å². The lowest BCUT2D eigenvalue weighted by molar-refractivity contribution is -0.419. The highest BCUT2D eigenvalue weighted by molar-refractivity contribution is 5.16. The van der Waals surface area contributed by atoms with Gasteiger partial charge in [-0.3, -0.25) is 10.1 Å². The molecular formula is C4H6N4O2. The van der Waals surface area contributed by atoms with Gasteiger partial charge in [-0.15, -0.1) is 0 Å². The molecule has 0 atom stereocenters. The fraction of sp³-hybridized carbons (Fsp3) is 0.250. The van der Waals surface area contributed by atoms with Gasteiger partial charge in [0.2, 0.25) is 0 Å². The van der Waals surface area contributed by atoms with Gasteiger partial charge in [-0.05, 0) is 0 Å². The quantitative estimate of drug-likeness (QED) is 0.296. The van der Waals surface area contributed by atoms with Crippen molar-refractivity contribution >= 4 is 0 Å². The van der Waals surface area contributed by atoms with Crippen LogP contribution in [-0.4, -0.2) is 12.0 Å². The van der Waals surface area contributed by atoms with E-state index in [1.165, 1.54) is 13.1 Å². The van der Waals surface area contributed by atoms with Crippen LogP contribution in [0.3, 0.4) is 0 Å². The maximum atomic E-state index is 9.94. The molecule has 0 bridgehead atoms. The smallest absolute Gasteiger partial charge is 0.379 e. The van der Waals surface area contributed by atoms with Gasteiger partial charge in [-0.2, -0.15) is 5.26 Å². The number of nitrogens with zero attached hydrogens (tertiary/aromatic N) is 2. The van der Waals surface area contributed by atoms with Crippen LogP contribution in [0.15, 0.2) is 11.5 Å². The van der Waals surface area contributed by atoms with Crippen LogP contribution in [0.4, 0.5) is 0 Å². The Morgan fingerprint density at radius 2 is 2.40 bits per heavy atom. The maximum Gasteiger partial charge on any atom is 0.384 e. The summed E-state index contributed by atoms with van der Waals surface area (Å²) in [6.07, 6.45) is 0. The summed E-state index contributed by atoms with van der Waals surface area (Å²) >= 11 is 0. The molecule has 0 aliphatic rings. The number of rotatable bonds is 2. The molecule has 0 spiro atoms. The molecule has 54 valence electrons. The molecule has 3 N–H and O–H groups in total. The molecule has 0 fully saturated rings. The summed E-state index contributed by atoms with van der Waals surface area (Å²) in [6, 6.07) is 1.35. The molecule has 0 aliphatic heterocycles. The summed E-state index contributed by atoms with van der Waals surface area (Å²) in [6.45, 7) is 0. The fourth-order valence-electron chi connectivity index (χ4n) is 0.318. The molecule has 0 aromatic heterocycles. The van der Waals surface area contributed by atoms with Crippen molar-refractivity contribution in [2.75, 3.05) is 7.05 Å². The van der Waals surface area contributed by atoms with Crippen LogP contribution in [0, 0.1) is 21.4 Å². The fourth-order valence-corrected chi connectivity index (χ4v) is 0.318. The van der Waals surface area contributed by atoms with E-state index in [0.717, 1.165) is 0 Å². The second kappa shape index (κ2) is 3.29. The van der Waals surface area contributed by atoms with Gasteiger partial charge in [0.15, 0.2) is 11.9 Å². The Balaban J connectivity index is 4.68. The zero-order valence-electron chi connectivity index (χ0n) is 5.29. The summed E-state index contributed by atoms with van der Waals surface area (Å²) in [7, 11) is 1.40. The van der Waals surface area contributed by atoms with Crippen molar-refractivity contribution in [3.63, 3.8) is 0 Å². The third kappa shape index (κ3) is 1.63. The highest BCUT2D eigenvalue weighted by Gasteiger charge is 2.13. The summed E-state index contributed by atoms with van der Waals surface area (Å²) in [5.74, 6) is -0.229. The van der Waals surface area contributed by atoms with Crippen LogP contribution in [0.25, 0.3) is 0 Å². The normalized spacial score (nSPS) is 11.2. The van der Waals surface area contributed by atoms with Crippen LogP contribution < -0.4 is 11.1 Å². The van der Waals surface area contributed by atoms with E-state index in [0.29, 0.717) is 0 Å². The minimum atomic E-state index is -0.841. The average Bonchev–Trinajstić information content (AvgIpc) is 1.88. The van der Waals surface area contributed by atoms with Gasteiger partial charge in [0.25, 0.3) is 0 Å². The molecule has 0 amide bonds. The first-order chi connectivity index (χ1) is 4.63. The van der Waals surface area contributed by atoms with Crippen LogP contribution >= 0.6 is 0 Å². The topological polar surface area (TPSA) is 105 Å². The minimum Gasteiger partial charge on any atom is -0.379 e.